The number of aromatic nitrogens is 3. The van der Waals surface area contributed by atoms with Crippen LogP contribution >= 0.6 is 0 Å². The average Bonchev–Trinajstić information content (AvgIpc) is 2.75. The van der Waals surface area contributed by atoms with E-state index in [2.05, 4.69) is 43.3 Å². The van der Waals surface area contributed by atoms with Gasteiger partial charge in [-0.2, -0.15) is 0 Å². The van der Waals surface area contributed by atoms with Gasteiger partial charge in [-0.05, 0) is 11.3 Å². The normalized spacial score (nSPS) is 11.9. The fourth-order valence-corrected chi connectivity index (χ4v) is 1.25. The third-order valence-electron chi connectivity index (χ3n) is 3.40. The van der Waals surface area contributed by atoms with Crippen molar-refractivity contribution >= 4 is 5.91 Å². The van der Waals surface area contributed by atoms with E-state index in [1.54, 1.807) is 10.9 Å². The molecular weight excluding hydrogens is 230 g/mol. The minimum absolute atomic E-state index is 0.0584. The summed E-state index contributed by atoms with van der Waals surface area (Å²) in [5, 5.41) is 10.5. The van der Waals surface area contributed by atoms with Crippen LogP contribution in [0.4, 0.5) is 0 Å². The number of amides is 1. The molecule has 1 heterocycles. The fourth-order valence-electron chi connectivity index (χ4n) is 1.25. The maximum absolute atomic E-state index is 11.9. The summed E-state index contributed by atoms with van der Waals surface area (Å²) in [5.41, 5.74) is 5.80. The second kappa shape index (κ2) is 5.95. The Labute approximate surface area is 108 Å². The Bertz CT molecular complexity index is 397. The van der Waals surface area contributed by atoms with Crippen molar-refractivity contribution < 1.29 is 4.79 Å². The van der Waals surface area contributed by atoms with Crippen molar-refractivity contribution in [2.24, 2.45) is 17.1 Å². The zero-order chi connectivity index (χ0) is 13.8. The lowest BCUT2D eigenvalue weighted by molar-refractivity contribution is 0.0919. The van der Waals surface area contributed by atoms with E-state index in [-0.39, 0.29) is 11.3 Å². The number of nitrogens with one attached hydrogen (secondary N) is 1. The second-order valence-electron chi connectivity index (χ2n) is 5.48. The summed E-state index contributed by atoms with van der Waals surface area (Å²) in [4.78, 5) is 11.9. The van der Waals surface area contributed by atoms with Gasteiger partial charge in [-0.25, -0.2) is 0 Å². The molecule has 18 heavy (non-hydrogen) atoms. The summed E-state index contributed by atoms with van der Waals surface area (Å²) in [7, 11) is 0. The Morgan fingerprint density at radius 1 is 1.56 bits per heavy atom. The number of nitrogens with two attached hydrogens (primary N) is 1. The molecule has 0 aliphatic heterocycles. The van der Waals surface area contributed by atoms with Gasteiger partial charge in [0.2, 0.25) is 0 Å². The molecule has 0 radical (unpaired) electrons. The van der Waals surface area contributed by atoms with Crippen LogP contribution in [0.15, 0.2) is 6.20 Å². The topological polar surface area (TPSA) is 85.8 Å². The van der Waals surface area contributed by atoms with Gasteiger partial charge in [0.15, 0.2) is 5.69 Å². The highest BCUT2D eigenvalue weighted by Gasteiger charge is 2.23. The maximum Gasteiger partial charge on any atom is 0.273 e. The largest absolute Gasteiger partial charge is 0.350 e. The van der Waals surface area contributed by atoms with Crippen LogP contribution in [0.1, 0.15) is 38.2 Å². The lowest BCUT2D eigenvalue weighted by Gasteiger charge is -2.29. The number of rotatable bonds is 6. The van der Waals surface area contributed by atoms with Crippen LogP contribution in [-0.4, -0.2) is 34.0 Å². The van der Waals surface area contributed by atoms with Crippen LogP contribution in [0.25, 0.3) is 0 Å². The Morgan fingerprint density at radius 2 is 2.22 bits per heavy atom. The molecule has 6 heteroatoms. The van der Waals surface area contributed by atoms with Crippen molar-refractivity contribution in [2.45, 2.75) is 34.2 Å². The predicted octanol–water partition coefficient (Wildman–Crippen LogP) is 0.649. The quantitative estimate of drug-likeness (QED) is 0.779. The molecule has 6 nitrogen and oxygen atoms in total. The summed E-state index contributed by atoms with van der Waals surface area (Å²) in [6.07, 6.45) is 1.62. The van der Waals surface area contributed by atoms with E-state index in [9.17, 15) is 4.79 Å². The monoisotopic (exact) mass is 253 g/mol. The van der Waals surface area contributed by atoms with Crippen molar-refractivity contribution in [3.05, 3.63) is 11.9 Å². The van der Waals surface area contributed by atoms with Gasteiger partial charge in [0, 0.05) is 13.1 Å². The fraction of sp³-hybridized carbons (Fsp3) is 0.750. The molecule has 0 saturated carbocycles. The number of carbonyl (C=O) groups excluding carboxylic acids is 1. The number of carbonyl (C=O) groups is 1. The third-order valence-corrected chi connectivity index (χ3v) is 3.40. The Kier molecular flexibility index (Phi) is 4.84. The molecule has 1 rings (SSSR count). The van der Waals surface area contributed by atoms with Gasteiger partial charge in [0.1, 0.15) is 0 Å². The van der Waals surface area contributed by atoms with Crippen molar-refractivity contribution in [3.63, 3.8) is 0 Å². The van der Waals surface area contributed by atoms with E-state index in [0.717, 1.165) is 0 Å². The van der Waals surface area contributed by atoms with Crippen LogP contribution in [0, 0.1) is 11.3 Å². The molecule has 0 unspecified atom stereocenters. The van der Waals surface area contributed by atoms with Crippen LogP contribution < -0.4 is 11.1 Å². The average molecular weight is 253 g/mol. The molecule has 3 N–H and O–H groups in total. The molecule has 0 aromatic carbocycles. The predicted molar refractivity (Wildman–Crippen MR) is 70.0 cm³/mol. The number of hydrogen-bond donors (Lipinski definition) is 2. The lowest BCUT2D eigenvalue weighted by Crippen LogP contribution is -2.37. The zero-order valence-electron chi connectivity index (χ0n) is 11.6. The highest BCUT2D eigenvalue weighted by Crippen LogP contribution is 2.24. The van der Waals surface area contributed by atoms with E-state index in [4.69, 9.17) is 5.73 Å². The van der Waals surface area contributed by atoms with E-state index >= 15 is 0 Å². The van der Waals surface area contributed by atoms with Gasteiger partial charge in [0.05, 0.1) is 12.7 Å². The molecule has 1 aromatic rings. The molecule has 0 atom stereocenters. The Balaban J connectivity index is 2.55. The molecule has 0 bridgehead atoms. The Hall–Kier alpha value is -1.43. The minimum atomic E-state index is -0.188. The van der Waals surface area contributed by atoms with Crippen molar-refractivity contribution in [2.75, 3.05) is 13.1 Å². The summed E-state index contributed by atoms with van der Waals surface area (Å²) >= 11 is 0. The SMILES string of the molecule is CC(C)C(C)(C)CNC(=O)c1cn(CCN)nn1. The van der Waals surface area contributed by atoms with E-state index < -0.39 is 0 Å². The molecular formula is C12H23N5O. The van der Waals surface area contributed by atoms with Gasteiger partial charge in [0.25, 0.3) is 5.91 Å². The summed E-state index contributed by atoms with van der Waals surface area (Å²) < 4.78 is 1.57. The van der Waals surface area contributed by atoms with E-state index in [1.165, 1.54) is 0 Å². The van der Waals surface area contributed by atoms with Crippen LogP contribution in [0.2, 0.25) is 0 Å². The van der Waals surface area contributed by atoms with Gasteiger partial charge in [-0.15, -0.1) is 5.10 Å². The molecule has 0 spiro atoms. The molecule has 0 aliphatic rings. The number of hydrogen-bond acceptors (Lipinski definition) is 4. The lowest BCUT2D eigenvalue weighted by atomic mass is 9.81. The first kappa shape index (κ1) is 14.6. The maximum atomic E-state index is 11.9. The van der Waals surface area contributed by atoms with Crippen LogP contribution in [0.5, 0.6) is 0 Å². The molecule has 1 amide bonds. The van der Waals surface area contributed by atoms with Gasteiger partial charge in [-0.3, -0.25) is 9.48 Å². The number of nitrogens with zero attached hydrogens (tertiary/aromatic N) is 3. The summed E-state index contributed by atoms with van der Waals surface area (Å²) in [6, 6.07) is 0. The third kappa shape index (κ3) is 3.80. The second-order valence-corrected chi connectivity index (χ2v) is 5.48. The standard InChI is InChI=1S/C12H23N5O/c1-9(2)12(3,4)8-14-11(18)10-7-17(6-5-13)16-15-10/h7,9H,5-6,8,13H2,1-4H3,(H,14,18). The summed E-state index contributed by atoms with van der Waals surface area (Å²) in [6.45, 7) is 10.2. The first-order valence-corrected chi connectivity index (χ1v) is 6.25. The van der Waals surface area contributed by atoms with Crippen molar-refractivity contribution in [3.8, 4) is 0 Å². The van der Waals surface area contributed by atoms with Crippen LogP contribution in [0.3, 0.4) is 0 Å². The smallest absolute Gasteiger partial charge is 0.273 e. The van der Waals surface area contributed by atoms with Gasteiger partial charge < -0.3 is 11.1 Å². The molecule has 0 saturated heterocycles. The van der Waals surface area contributed by atoms with Crippen LogP contribution in [-0.2, 0) is 6.54 Å². The van der Waals surface area contributed by atoms with Crippen molar-refractivity contribution in [1.82, 2.24) is 20.3 Å². The first-order chi connectivity index (χ1) is 8.36. The molecule has 0 aliphatic carbocycles. The van der Waals surface area contributed by atoms with E-state index in [1.807, 2.05) is 0 Å². The van der Waals surface area contributed by atoms with E-state index in [0.29, 0.717) is 31.2 Å². The highest BCUT2D eigenvalue weighted by atomic mass is 16.2. The van der Waals surface area contributed by atoms with Crippen molar-refractivity contribution in [1.29, 1.82) is 0 Å². The highest BCUT2D eigenvalue weighted by molar-refractivity contribution is 5.91. The molecule has 0 fully saturated rings. The molecule has 1 aromatic heterocycles. The first-order valence-electron chi connectivity index (χ1n) is 6.25. The van der Waals surface area contributed by atoms with Gasteiger partial charge >= 0.3 is 0 Å². The summed E-state index contributed by atoms with van der Waals surface area (Å²) in [5.74, 6) is 0.303. The zero-order valence-corrected chi connectivity index (χ0v) is 11.6. The Morgan fingerprint density at radius 3 is 2.78 bits per heavy atom. The van der Waals surface area contributed by atoms with Gasteiger partial charge in [-0.1, -0.05) is 32.9 Å². The minimum Gasteiger partial charge on any atom is -0.350 e. The molecule has 102 valence electrons.